The molecule has 0 fully saturated rings. The number of nitrogens with zero attached hydrogens (tertiary/aromatic N) is 2. The molecule has 0 aliphatic rings. The number of aromatic nitrogens is 1. The first kappa shape index (κ1) is 14.0. The largest absolute Gasteiger partial charge is 0.360 e. The average Bonchev–Trinajstić information content (AvgIpc) is 2.81. The second-order valence-corrected chi connectivity index (χ2v) is 4.40. The van der Waals surface area contributed by atoms with Crippen molar-refractivity contribution in [1.82, 2.24) is 10.1 Å². The van der Waals surface area contributed by atoms with Gasteiger partial charge in [0.2, 0.25) is 0 Å². The third kappa shape index (κ3) is 3.57. The van der Waals surface area contributed by atoms with E-state index in [1.165, 1.54) is 12.1 Å². The van der Waals surface area contributed by atoms with E-state index >= 15 is 0 Å². The van der Waals surface area contributed by atoms with E-state index in [4.69, 9.17) is 4.52 Å². The molecule has 0 atom stereocenters. The SMILES string of the molecule is CCN(Cc1cccc(F)c1)C(=O)Nc1cc(C)on1. The molecule has 0 aliphatic heterocycles. The number of anilines is 1. The zero-order chi connectivity index (χ0) is 14.5. The zero-order valence-corrected chi connectivity index (χ0v) is 11.4. The first-order valence-electron chi connectivity index (χ1n) is 6.32. The summed E-state index contributed by atoms with van der Waals surface area (Å²) in [5, 5.41) is 6.34. The molecule has 0 spiro atoms. The van der Waals surface area contributed by atoms with Gasteiger partial charge in [-0.25, -0.2) is 9.18 Å². The Morgan fingerprint density at radius 3 is 2.85 bits per heavy atom. The van der Waals surface area contributed by atoms with Crippen LogP contribution < -0.4 is 5.32 Å². The molecule has 2 amide bonds. The van der Waals surface area contributed by atoms with Gasteiger partial charge in [0.05, 0.1) is 0 Å². The Kier molecular flexibility index (Phi) is 4.34. The molecule has 1 aromatic heterocycles. The summed E-state index contributed by atoms with van der Waals surface area (Å²) in [4.78, 5) is 13.6. The molecule has 0 saturated heterocycles. The highest BCUT2D eigenvalue weighted by Gasteiger charge is 2.14. The Morgan fingerprint density at radius 1 is 1.45 bits per heavy atom. The number of nitrogens with one attached hydrogen (secondary N) is 1. The second kappa shape index (κ2) is 6.18. The number of amides is 2. The highest BCUT2D eigenvalue weighted by atomic mass is 19.1. The lowest BCUT2D eigenvalue weighted by atomic mass is 10.2. The van der Waals surface area contributed by atoms with Crippen molar-refractivity contribution >= 4 is 11.8 Å². The molecular weight excluding hydrogens is 261 g/mol. The molecule has 106 valence electrons. The van der Waals surface area contributed by atoms with Crippen molar-refractivity contribution < 1.29 is 13.7 Å². The van der Waals surface area contributed by atoms with Crippen LogP contribution in [0.1, 0.15) is 18.2 Å². The average molecular weight is 277 g/mol. The standard InChI is InChI=1S/C14H16FN3O2/c1-3-18(9-11-5-4-6-12(15)8-11)14(19)16-13-7-10(2)20-17-13/h4-8H,3,9H2,1-2H3,(H,16,17,19). The molecule has 1 heterocycles. The molecular formula is C14H16FN3O2. The van der Waals surface area contributed by atoms with E-state index in [0.717, 1.165) is 5.56 Å². The van der Waals surface area contributed by atoms with E-state index in [9.17, 15) is 9.18 Å². The smallest absolute Gasteiger partial charge is 0.323 e. The Morgan fingerprint density at radius 2 is 2.25 bits per heavy atom. The van der Waals surface area contributed by atoms with Gasteiger partial charge in [-0.15, -0.1) is 0 Å². The predicted octanol–water partition coefficient (Wildman–Crippen LogP) is 3.18. The molecule has 6 heteroatoms. The van der Waals surface area contributed by atoms with Crippen LogP contribution in [0.2, 0.25) is 0 Å². The molecule has 1 aromatic carbocycles. The third-order valence-corrected chi connectivity index (χ3v) is 2.79. The van der Waals surface area contributed by atoms with Gasteiger partial charge >= 0.3 is 6.03 Å². The van der Waals surface area contributed by atoms with Gasteiger partial charge in [0, 0.05) is 19.2 Å². The summed E-state index contributed by atoms with van der Waals surface area (Å²) in [6.07, 6.45) is 0. The molecule has 0 bridgehead atoms. The highest BCUT2D eigenvalue weighted by molar-refractivity contribution is 5.88. The summed E-state index contributed by atoms with van der Waals surface area (Å²) in [7, 11) is 0. The number of carbonyl (C=O) groups is 1. The van der Waals surface area contributed by atoms with Gasteiger partial charge in [0.1, 0.15) is 11.6 Å². The number of carbonyl (C=O) groups excluding carboxylic acids is 1. The number of hydrogen-bond acceptors (Lipinski definition) is 3. The lowest BCUT2D eigenvalue weighted by molar-refractivity contribution is 0.212. The molecule has 20 heavy (non-hydrogen) atoms. The van der Waals surface area contributed by atoms with Crippen molar-refractivity contribution in [3.05, 3.63) is 47.5 Å². The summed E-state index contributed by atoms with van der Waals surface area (Å²) in [6, 6.07) is 7.52. The lowest BCUT2D eigenvalue weighted by Crippen LogP contribution is -2.34. The Hall–Kier alpha value is -2.37. The van der Waals surface area contributed by atoms with Crippen LogP contribution in [0.15, 0.2) is 34.9 Å². The molecule has 5 nitrogen and oxygen atoms in total. The van der Waals surface area contributed by atoms with Crippen molar-refractivity contribution in [3.63, 3.8) is 0 Å². The van der Waals surface area contributed by atoms with E-state index in [2.05, 4.69) is 10.5 Å². The predicted molar refractivity (Wildman–Crippen MR) is 72.7 cm³/mol. The zero-order valence-electron chi connectivity index (χ0n) is 11.4. The summed E-state index contributed by atoms with van der Waals surface area (Å²) in [5.74, 6) is 0.671. The number of aryl methyl sites for hydroxylation is 1. The number of urea groups is 1. The lowest BCUT2D eigenvalue weighted by Gasteiger charge is -2.20. The summed E-state index contributed by atoms with van der Waals surface area (Å²) >= 11 is 0. The maximum Gasteiger partial charge on any atom is 0.323 e. The third-order valence-electron chi connectivity index (χ3n) is 2.79. The van der Waals surface area contributed by atoms with E-state index in [0.29, 0.717) is 24.7 Å². The summed E-state index contributed by atoms with van der Waals surface area (Å²) in [5.41, 5.74) is 0.735. The monoisotopic (exact) mass is 277 g/mol. The number of benzene rings is 1. The molecule has 2 aromatic rings. The van der Waals surface area contributed by atoms with E-state index < -0.39 is 0 Å². The maximum absolute atomic E-state index is 13.1. The Balaban J connectivity index is 2.02. The van der Waals surface area contributed by atoms with Crippen LogP contribution in [0.3, 0.4) is 0 Å². The van der Waals surface area contributed by atoms with E-state index in [-0.39, 0.29) is 11.8 Å². The fraction of sp³-hybridized carbons (Fsp3) is 0.286. The first-order valence-corrected chi connectivity index (χ1v) is 6.32. The Bertz CT molecular complexity index is 598. The molecule has 0 aliphatic carbocycles. The molecule has 2 rings (SSSR count). The molecule has 0 saturated carbocycles. The minimum Gasteiger partial charge on any atom is -0.360 e. The summed E-state index contributed by atoms with van der Waals surface area (Å²) < 4.78 is 18.0. The first-order chi connectivity index (χ1) is 9.58. The quantitative estimate of drug-likeness (QED) is 0.933. The van der Waals surface area contributed by atoms with Gasteiger partial charge in [-0.1, -0.05) is 17.3 Å². The van der Waals surface area contributed by atoms with Crippen LogP contribution in [-0.4, -0.2) is 22.6 Å². The van der Waals surface area contributed by atoms with Crippen molar-refractivity contribution in [2.75, 3.05) is 11.9 Å². The molecule has 1 N–H and O–H groups in total. The van der Waals surface area contributed by atoms with E-state index in [1.807, 2.05) is 6.92 Å². The van der Waals surface area contributed by atoms with Crippen LogP contribution in [0.25, 0.3) is 0 Å². The van der Waals surface area contributed by atoms with E-state index in [1.54, 1.807) is 30.0 Å². The maximum atomic E-state index is 13.1. The van der Waals surface area contributed by atoms with Crippen LogP contribution in [0.5, 0.6) is 0 Å². The van der Waals surface area contributed by atoms with Gasteiger partial charge in [-0.05, 0) is 31.5 Å². The Labute approximate surface area is 116 Å². The van der Waals surface area contributed by atoms with Gasteiger partial charge in [-0.3, -0.25) is 5.32 Å². The van der Waals surface area contributed by atoms with Gasteiger partial charge in [0.25, 0.3) is 0 Å². The topological polar surface area (TPSA) is 58.4 Å². The van der Waals surface area contributed by atoms with Crippen LogP contribution in [0.4, 0.5) is 15.0 Å². The van der Waals surface area contributed by atoms with Crippen LogP contribution >= 0.6 is 0 Å². The van der Waals surface area contributed by atoms with Crippen molar-refractivity contribution in [2.24, 2.45) is 0 Å². The van der Waals surface area contributed by atoms with Crippen LogP contribution in [0, 0.1) is 12.7 Å². The molecule has 0 radical (unpaired) electrons. The number of halogens is 1. The normalized spacial score (nSPS) is 10.3. The summed E-state index contributed by atoms with van der Waals surface area (Å²) in [6.45, 7) is 4.43. The number of rotatable bonds is 4. The van der Waals surface area contributed by atoms with Crippen molar-refractivity contribution in [2.45, 2.75) is 20.4 Å². The highest BCUT2D eigenvalue weighted by Crippen LogP contribution is 2.11. The van der Waals surface area contributed by atoms with Crippen LogP contribution in [-0.2, 0) is 6.54 Å². The van der Waals surface area contributed by atoms with Gasteiger partial charge in [0.15, 0.2) is 5.82 Å². The van der Waals surface area contributed by atoms with Gasteiger partial charge < -0.3 is 9.42 Å². The minimum atomic E-state index is -0.314. The van der Waals surface area contributed by atoms with Crippen molar-refractivity contribution in [1.29, 1.82) is 0 Å². The molecule has 0 unspecified atom stereocenters. The number of hydrogen-bond donors (Lipinski definition) is 1. The van der Waals surface area contributed by atoms with Gasteiger partial charge in [-0.2, -0.15) is 0 Å². The fourth-order valence-corrected chi connectivity index (χ4v) is 1.80. The van der Waals surface area contributed by atoms with Crippen molar-refractivity contribution in [3.8, 4) is 0 Å². The fourth-order valence-electron chi connectivity index (χ4n) is 1.80. The second-order valence-electron chi connectivity index (χ2n) is 4.40. The minimum absolute atomic E-state index is 0.301.